The fraction of sp³-hybridized carbons (Fsp3) is 0.214. The minimum absolute atomic E-state index is 0.305. The average Bonchev–Trinajstić information content (AvgIpc) is 2.65. The molecule has 0 atom stereocenters. The van der Waals surface area contributed by atoms with E-state index in [2.05, 4.69) is 15.9 Å². The zero-order valence-electron chi connectivity index (χ0n) is 10.9. The maximum absolute atomic E-state index is 11.2. The Balaban J connectivity index is 2.72. The van der Waals surface area contributed by atoms with Crippen molar-refractivity contribution in [3.8, 4) is 11.4 Å². The molecule has 0 amide bonds. The van der Waals surface area contributed by atoms with Crippen molar-refractivity contribution in [2.75, 3.05) is 7.11 Å². The van der Waals surface area contributed by atoms with E-state index >= 15 is 0 Å². The van der Waals surface area contributed by atoms with Crippen LogP contribution in [0.3, 0.4) is 0 Å². The van der Waals surface area contributed by atoms with E-state index in [9.17, 15) is 9.90 Å². The number of rotatable bonds is 3. The molecule has 0 aliphatic heterocycles. The number of hydrogen-bond acceptors (Lipinski definition) is 2. The lowest BCUT2D eigenvalue weighted by molar-refractivity contribution is 0.0696. The van der Waals surface area contributed by atoms with Crippen LogP contribution in [0.5, 0.6) is 5.75 Å². The van der Waals surface area contributed by atoms with Crippen LogP contribution in [0.1, 0.15) is 21.7 Å². The van der Waals surface area contributed by atoms with Gasteiger partial charge >= 0.3 is 5.97 Å². The van der Waals surface area contributed by atoms with Gasteiger partial charge in [-0.15, -0.1) is 0 Å². The maximum Gasteiger partial charge on any atom is 0.337 e. The van der Waals surface area contributed by atoms with Gasteiger partial charge in [-0.1, -0.05) is 15.9 Å². The zero-order chi connectivity index (χ0) is 14.2. The molecule has 0 saturated heterocycles. The Kier molecular flexibility index (Phi) is 3.66. The van der Waals surface area contributed by atoms with Gasteiger partial charge in [-0.25, -0.2) is 4.79 Å². The van der Waals surface area contributed by atoms with Crippen molar-refractivity contribution in [3.63, 3.8) is 0 Å². The van der Waals surface area contributed by atoms with Gasteiger partial charge in [0.1, 0.15) is 5.75 Å². The molecule has 0 spiro atoms. The predicted molar refractivity (Wildman–Crippen MR) is 76.5 cm³/mol. The van der Waals surface area contributed by atoms with Crippen molar-refractivity contribution in [1.82, 2.24) is 4.57 Å². The van der Waals surface area contributed by atoms with Crippen LogP contribution in [0.25, 0.3) is 5.69 Å². The second kappa shape index (κ2) is 5.09. The monoisotopic (exact) mass is 323 g/mol. The molecule has 0 radical (unpaired) electrons. The minimum atomic E-state index is -0.923. The van der Waals surface area contributed by atoms with Crippen LogP contribution in [0.15, 0.2) is 28.7 Å². The van der Waals surface area contributed by atoms with Crippen LogP contribution < -0.4 is 4.74 Å². The highest BCUT2D eigenvalue weighted by atomic mass is 79.9. The summed E-state index contributed by atoms with van der Waals surface area (Å²) >= 11 is 3.42. The van der Waals surface area contributed by atoms with Crippen molar-refractivity contribution in [2.24, 2.45) is 0 Å². The van der Waals surface area contributed by atoms with Crippen molar-refractivity contribution >= 4 is 21.9 Å². The van der Waals surface area contributed by atoms with E-state index in [1.54, 1.807) is 20.1 Å². The van der Waals surface area contributed by atoms with Crippen LogP contribution in [0, 0.1) is 13.8 Å². The molecule has 1 heterocycles. The molecule has 2 rings (SSSR count). The molecule has 1 aromatic carbocycles. The third-order valence-corrected chi connectivity index (χ3v) is 3.54. The van der Waals surface area contributed by atoms with Crippen LogP contribution in [0.2, 0.25) is 0 Å². The molecule has 5 heteroatoms. The molecule has 100 valence electrons. The second-order valence-electron chi connectivity index (χ2n) is 4.24. The highest BCUT2D eigenvalue weighted by Gasteiger charge is 2.18. The Bertz CT molecular complexity index is 646. The van der Waals surface area contributed by atoms with Gasteiger partial charge in [-0.3, -0.25) is 0 Å². The summed E-state index contributed by atoms with van der Waals surface area (Å²) in [6.07, 6.45) is 0. The summed E-state index contributed by atoms with van der Waals surface area (Å²) in [5.41, 5.74) is 2.66. The van der Waals surface area contributed by atoms with Crippen molar-refractivity contribution < 1.29 is 14.6 Å². The smallest absolute Gasteiger partial charge is 0.337 e. The number of halogens is 1. The highest BCUT2D eigenvalue weighted by molar-refractivity contribution is 9.10. The number of ether oxygens (including phenoxy) is 1. The highest BCUT2D eigenvalue weighted by Crippen LogP contribution is 2.30. The molecule has 2 aromatic rings. The summed E-state index contributed by atoms with van der Waals surface area (Å²) in [7, 11) is 1.60. The molecule has 1 aromatic heterocycles. The van der Waals surface area contributed by atoms with Gasteiger partial charge in [0.25, 0.3) is 0 Å². The molecule has 0 unspecified atom stereocenters. The number of methoxy groups -OCH3 is 1. The molecular weight excluding hydrogens is 310 g/mol. The summed E-state index contributed by atoms with van der Waals surface area (Å²) in [5, 5.41) is 9.18. The number of carboxylic acid groups (broad SMARTS) is 1. The maximum atomic E-state index is 11.2. The number of aromatic carboxylic acids is 1. The number of aromatic nitrogens is 1. The Morgan fingerprint density at radius 1 is 1.32 bits per heavy atom. The number of benzene rings is 1. The SMILES string of the molecule is COc1ccc(Br)cc1-n1c(C)cc(C(=O)O)c1C. The van der Waals surface area contributed by atoms with Gasteiger partial charge in [0, 0.05) is 15.9 Å². The molecular formula is C14H14BrNO3. The summed E-state index contributed by atoms with van der Waals surface area (Å²) in [5.74, 6) is -0.227. The standard InChI is InChI=1S/C14H14BrNO3/c1-8-6-11(14(17)18)9(2)16(8)12-7-10(15)4-5-13(12)19-3/h4-7H,1-3H3,(H,17,18). The average molecular weight is 324 g/mol. The molecule has 4 nitrogen and oxygen atoms in total. The minimum Gasteiger partial charge on any atom is -0.495 e. The van der Waals surface area contributed by atoms with E-state index in [-0.39, 0.29) is 0 Å². The number of nitrogens with zero attached hydrogens (tertiary/aromatic N) is 1. The molecule has 0 aliphatic carbocycles. The van der Waals surface area contributed by atoms with Crippen molar-refractivity contribution in [3.05, 3.63) is 45.7 Å². The Morgan fingerprint density at radius 3 is 2.53 bits per heavy atom. The van der Waals surface area contributed by atoms with Crippen LogP contribution >= 0.6 is 15.9 Å². The first kappa shape index (κ1) is 13.7. The predicted octanol–water partition coefficient (Wildman–Crippen LogP) is 3.56. The number of aryl methyl sites for hydroxylation is 1. The van der Waals surface area contributed by atoms with Crippen LogP contribution in [0.4, 0.5) is 0 Å². The Morgan fingerprint density at radius 2 is 2.00 bits per heavy atom. The normalized spacial score (nSPS) is 10.5. The lowest BCUT2D eigenvalue weighted by Crippen LogP contribution is -2.04. The van der Waals surface area contributed by atoms with Gasteiger partial charge in [-0.2, -0.15) is 0 Å². The van der Waals surface area contributed by atoms with Crippen molar-refractivity contribution in [1.29, 1.82) is 0 Å². The third kappa shape index (κ3) is 2.38. The topological polar surface area (TPSA) is 51.5 Å². The molecule has 0 fully saturated rings. The third-order valence-electron chi connectivity index (χ3n) is 3.04. The summed E-state index contributed by atoms with van der Waals surface area (Å²) in [6, 6.07) is 7.30. The quantitative estimate of drug-likeness (QED) is 0.939. The fourth-order valence-corrected chi connectivity index (χ4v) is 2.54. The number of carboxylic acids is 1. The Hall–Kier alpha value is -1.75. The summed E-state index contributed by atoms with van der Waals surface area (Å²) in [4.78, 5) is 11.2. The van der Waals surface area contributed by atoms with Gasteiger partial charge in [0.2, 0.25) is 0 Å². The molecule has 1 N–H and O–H groups in total. The first-order valence-electron chi connectivity index (χ1n) is 5.72. The van der Waals surface area contributed by atoms with E-state index < -0.39 is 5.97 Å². The summed E-state index contributed by atoms with van der Waals surface area (Å²) in [6.45, 7) is 3.66. The van der Waals surface area contributed by atoms with E-state index in [1.165, 1.54) is 0 Å². The molecule has 0 aliphatic rings. The fourth-order valence-electron chi connectivity index (χ4n) is 2.19. The lowest BCUT2D eigenvalue weighted by Gasteiger charge is -2.14. The van der Waals surface area contributed by atoms with Gasteiger partial charge in [0.15, 0.2) is 0 Å². The Labute approximate surface area is 119 Å². The first-order valence-corrected chi connectivity index (χ1v) is 6.51. The summed E-state index contributed by atoms with van der Waals surface area (Å²) < 4.78 is 8.14. The first-order chi connectivity index (χ1) is 8.95. The van der Waals surface area contributed by atoms with E-state index in [0.29, 0.717) is 17.0 Å². The largest absolute Gasteiger partial charge is 0.495 e. The van der Waals surface area contributed by atoms with Crippen molar-refractivity contribution in [2.45, 2.75) is 13.8 Å². The van der Waals surface area contributed by atoms with Gasteiger partial charge < -0.3 is 14.4 Å². The molecule has 19 heavy (non-hydrogen) atoms. The molecule has 0 bridgehead atoms. The lowest BCUT2D eigenvalue weighted by atomic mass is 10.2. The molecule has 0 saturated carbocycles. The number of hydrogen-bond donors (Lipinski definition) is 1. The van der Waals surface area contributed by atoms with E-state index in [4.69, 9.17) is 4.74 Å². The van der Waals surface area contributed by atoms with Gasteiger partial charge in [-0.05, 0) is 38.1 Å². The van der Waals surface area contributed by atoms with E-state index in [0.717, 1.165) is 15.9 Å². The van der Waals surface area contributed by atoms with Crippen LogP contribution in [-0.4, -0.2) is 22.8 Å². The number of carbonyl (C=O) groups is 1. The van der Waals surface area contributed by atoms with Crippen LogP contribution in [-0.2, 0) is 0 Å². The van der Waals surface area contributed by atoms with Gasteiger partial charge in [0.05, 0.1) is 18.4 Å². The second-order valence-corrected chi connectivity index (χ2v) is 5.16. The van der Waals surface area contributed by atoms with E-state index in [1.807, 2.05) is 29.7 Å². The zero-order valence-corrected chi connectivity index (χ0v) is 12.5.